The van der Waals surface area contributed by atoms with Gasteiger partial charge in [-0.2, -0.15) is 0 Å². The lowest BCUT2D eigenvalue weighted by Crippen LogP contribution is -2.39. The van der Waals surface area contributed by atoms with Crippen molar-refractivity contribution in [3.63, 3.8) is 0 Å². The van der Waals surface area contributed by atoms with Crippen LogP contribution in [0.25, 0.3) is 0 Å². The number of amides is 2. The molecule has 0 aliphatic rings. The third-order valence-corrected chi connectivity index (χ3v) is 3.45. The molecule has 2 aromatic carbocycles. The van der Waals surface area contributed by atoms with E-state index in [-0.39, 0.29) is 12.1 Å². The molecule has 0 radical (unpaired) electrons. The summed E-state index contributed by atoms with van der Waals surface area (Å²) in [5, 5.41) is 5.77. The average molecular weight is 314 g/mol. The van der Waals surface area contributed by atoms with Gasteiger partial charge in [-0.25, -0.2) is 4.79 Å². The Morgan fingerprint density at radius 1 is 1.04 bits per heavy atom. The summed E-state index contributed by atoms with van der Waals surface area (Å²) in [7, 11) is 3.22. The van der Waals surface area contributed by atoms with Crippen molar-refractivity contribution in [2.75, 3.05) is 27.4 Å². The number of hydrogen-bond acceptors (Lipinski definition) is 3. The van der Waals surface area contributed by atoms with Gasteiger partial charge in [-0.3, -0.25) is 0 Å². The largest absolute Gasteiger partial charge is 0.496 e. The smallest absolute Gasteiger partial charge is 0.315 e. The van der Waals surface area contributed by atoms with Gasteiger partial charge in [0.1, 0.15) is 5.75 Å². The van der Waals surface area contributed by atoms with Crippen molar-refractivity contribution in [3.05, 3.63) is 65.7 Å². The fraction of sp³-hybridized carbons (Fsp3) is 0.278. The van der Waals surface area contributed by atoms with Crippen LogP contribution in [-0.2, 0) is 4.74 Å². The van der Waals surface area contributed by atoms with Crippen LogP contribution in [0.3, 0.4) is 0 Å². The molecule has 0 fully saturated rings. The van der Waals surface area contributed by atoms with Crippen LogP contribution >= 0.6 is 0 Å². The van der Waals surface area contributed by atoms with Gasteiger partial charge in [0.25, 0.3) is 0 Å². The minimum atomic E-state index is -0.296. The second-order valence-electron chi connectivity index (χ2n) is 4.98. The van der Waals surface area contributed by atoms with Gasteiger partial charge in [-0.05, 0) is 11.6 Å². The highest BCUT2D eigenvalue weighted by atomic mass is 16.5. The maximum Gasteiger partial charge on any atom is 0.315 e. The first-order chi connectivity index (χ1) is 11.3. The number of para-hydroxylation sites is 1. The number of hydrogen-bond donors (Lipinski definition) is 2. The predicted molar refractivity (Wildman–Crippen MR) is 89.7 cm³/mol. The van der Waals surface area contributed by atoms with E-state index in [0.717, 1.165) is 16.9 Å². The van der Waals surface area contributed by atoms with Crippen LogP contribution < -0.4 is 15.4 Å². The van der Waals surface area contributed by atoms with Crippen LogP contribution in [0.15, 0.2) is 54.6 Å². The average Bonchev–Trinajstić information content (AvgIpc) is 2.60. The minimum absolute atomic E-state index is 0.248. The molecule has 2 rings (SSSR count). The van der Waals surface area contributed by atoms with Gasteiger partial charge < -0.3 is 20.1 Å². The van der Waals surface area contributed by atoms with Crippen LogP contribution in [0.2, 0.25) is 0 Å². The van der Waals surface area contributed by atoms with Gasteiger partial charge in [-0.1, -0.05) is 48.5 Å². The molecule has 0 saturated carbocycles. The molecule has 0 spiro atoms. The molecule has 0 aromatic heterocycles. The van der Waals surface area contributed by atoms with E-state index in [1.807, 2.05) is 54.6 Å². The van der Waals surface area contributed by atoms with Crippen molar-refractivity contribution in [1.29, 1.82) is 0 Å². The lowest BCUT2D eigenvalue weighted by Gasteiger charge is -2.22. The topological polar surface area (TPSA) is 59.6 Å². The molecule has 2 aromatic rings. The standard InChI is InChI=1S/C18H22N2O3/c1-22-13-12-19-18(21)20-17(14-8-4-3-5-9-14)15-10-6-7-11-16(15)23-2/h3-11,17H,12-13H2,1-2H3,(H2,19,20,21)/t17-/m1/s1. The molecule has 0 saturated heterocycles. The Balaban J connectivity index is 2.24. The molecule has 5 nitrogen and oxygen atoms in total. The molecule has 2 amide bonds. The van der Waals surface area contributed by atoms with Crippen molar-refractivity contribution in [2.24, 2.45) is 0 Å². The maximum absolute atomic E-state index is 12.2. The molecular weight excluding hydrogens is 292 g/mol. The fourth-order valence-electron chi connectivity index (χ4n) is 2.34. The second kappa shape index (κ2) is 8.80. The molecule has 1 atom stereocenters. The predicted octanol–water partition coefficient (Wildman–Crippen LogP) is 2.73. The van der Waals surface area contributed by atoms with Crippen LogP contribution in [0.5, 0.6) is 5.75 Å². The highest BCUT2D eigenvalue weighted by Crippen LogP contribution is 2.29. The molecule has 0 bridgehead atoms. The molecule has 5 heteroatoms. The Morgan fingerprint density at radius 2 is 1.74 bits per heavy atom. The molecule has 2 N–H and O–H groups in total. The van der Waals surface area contributed by atoms with Crippen molar-refractivity contribution in [2.45, 2.75) is 6.04 Å². The van der Waals surface area contributed by atoms with Crippen molar-refractivity contribution in [3.8, 4) is 5.75 Å². The van der Waals surface area contributed by atoms with E-state index in [9.17, 15) is 4.79 Å². The number of carbonyl (C=O) groups excluding carboxylic acids is 1. The van der Waals surface area contributed by atoms with E-state index in [0.29, 0.717) is 13.2 Å². The zero-order valence-corrected chi connectivity index (χ0v) is 13.4. The van der Waals surface area contributed by atoms with Crippen molar-refractivity contribution in [1.82, 2.24) is 10.6 Å². The summed E-state index contributed by atoms with van der Waals surface area (Å²) in [6, 6.07) is 16.9. The maximum atomic E-state index is 12.2. The highest BCUT2D eigenvalue weighted by Gasteiger charge is 2.19. The normalized spacial score (nSPS) is 11.6. The van der Waals surface area contributed by atoms with E-state index < -0.39 is 0 Å². The van der Waals surface area contributed by atoms with E-state index in [1.165, 1.54) is 0 Å². The van der Waals surface area contributed by atoms with Crippen LogP contribution in [0, 0.1) is 0 Å². The molecule has 0 aliphatic carbocycles. The molecule has 122 valence electrons. The van der Waals surface area contributed by atoms with Gasteiger partial charge in [0, 0.05) is 19.2 Å². The lowest BCUT2D eigenvalue weighted by molar-refractivity contribution is 0.195. The summed E-state index contributed by atoms with van der Waals surface area (Å²) in [5.74, 6) is 0.735. The number of rotatable bonds is 7. The van der Waals surface area contributed by atoms with E-state index in [1.54, 1.807) is 14.2 Å². The molecule has 23 heavy (non-hydrogen) atoms. The number of nitrogens with one attached hydrogen (secondary N) is 2. The monoisotopic (exact) mass is 314 g/mol. The molecule has 0 unspecified atom stereocenters. The van der Waals surface area contributed by atoms with Gasteiger partial charge in [0.2, 0.25) is 0 Å². The number of ether oxygens (including phenoxy) is 2. The number of benzene rings is 2. The summed E-state index contributed by atoms with van der Waals surface area (Å²) in [6.07, 6.45) is 0. The van der Waals surface area contributed by atoms with Crippen molar-refractivity contribution < 1.29 is 14.3 Å². The Hall–Kier alpha value is -2.53. The van der Waals surface area contributed by atoms with Gasteiger partial charge in [0.15, 0.2) is 0 Å². The summed E-state index contributed by atoms with van der Waals surface area (Å²) in [5.41, 5.74) is 1.89. The molecule has 0 aliphatic heterocycles. The zero-order chi connectivity index (χ0) is 16.5. The van der Waals surface area contributed by atoms with Crippen LogP contribution in [0.4, 0.5) is 4.79 Å². The van der Waals surface area contributed by atoms with Crippen molar-refractivity contribution >= 4 is 6.03 Å². The lowest BCUT2D eigenvalue weighted by atomic mass is 9.98. The zero-order valence-electron chi connectivity index (χ0n) is 13.4. The first-order valence-electron chi connectivity index (χ1n) is 7.47. The Morgan fingerprint density at radius 3 is 2.43 bits per heavy atom. The van der Waals surface area contributed by atoms with E-state index in [2.05, 4.69) is 10.6 Å². The fourth-order valence-corrected chi connectivity index (χ4v) is 2.34. The first kappa shape index (κ1) is 16.8. The SMILES string of the molecule is COCCNC(=O)N[C@H](c1ccccc1)c1ccccc1OC. The summed E-state index contributed by atoms with van der Waals surface area (Å²) in [4.78, 5) is 12.2. The molecule has 0 heterocycles. The number of carbonyl (C=O) groups is 1. The number of methoxy groups -OCH3 is 2. The van der Waals surface area contributed by atoms with Gasteiger partial charge in [-0.15, -0.1) is 0 Å². The summed E-state index contributed by atoms with van der Waals surface area (Å²) < 4.78 is 10.4. The number of urea groups is 1. The third kappa shape index (κ3) is 4.72. The van der Waals surface area contributed by atoms with E-state index in [4.69, 9.17) is 9.47 Å². The quantitative estimate of drug-likeness (QED) is 0.773. The molecular formula is C18H22N2O3. The van der Waals surface area contributed by atoms with Crippen LogP contribution in [-0.4, -0.2) is 33.4 Å². The highest BCUT2D eigenvalue weighted by molar-refractivity contribution is 5.75. The Kier molecular flexibility index (Phi) is 6.44. The third-order valence-electron chi connectivity index (χ3n) is 3.45. The van der Waals surface area contributed by atoms with E-state index >= 15 is 0 Å². The first-order valence-corrected chi connectivity index (χ1v) is 7.47. The van der Waals surface area contributed by atoms with Crippen LogP contribution in [0.1, 0.15) is 17.2 Å². The Labute approximate surface area is 136 Å². The summed E-state index contributed by atoms with van der Waals surface area (Å²) >= 11 is 0. The summed E-state index contributed by atoms with van der Waals surface area (Å²) in [6.45, 7) is 0.924. The Bertz CT molecular complexity index is 617. The minimum Gasteiger partial charge on any atom is -0.496 e. The second-order valence-corrected chi connectivity index (χ2v) is 4.98. The van der Waals surface area contributed by atoms with Gasteiger partial charge in [0.05, 0.1) is 19.8 Å². The van der Waals surface area contributed by atoms with Gasteiger partial charge >= 0.3 is 6.03 Å².